The lowest BCUT2D eigenvalue weighted by Gasteiger charge is -2.30. The quantitative estimate of drug-likeness (QED) is 0.534. The number of hydrogen-bond acceptors (Lipinski definition) is 6. The third kappa shape index (κ3) is 5.27. The summed E-state index contributed by atoms with van der Waals surface area (Å²) in [7, 11) is 0. The Morgan fingerprint density at radius 2 is 1.94 bits per heavy atom. The zero-order valence-electron chi connectivity index (χ0n) is 17.9. The Morgan fingerprint density at radius 1 is 1.16 bits per heavy atom. The highest BCUT2D eigenvalue weighted by Gasteiger charge is 2.16. The molecule has 2 N–H and O–H groups in total. The third-order valence-electron chi connectivity index (χ3n) is 5.38. The van der Waals surface area contributed by atoms with Crippen LogP contribution in [0.4, 0.5) is 17.2 Å². The highest BCUT2D eigenvalue weighted by molar-refractivity contribution is 6.32. The topological polar surface area (TPSA) is 62.3 Å². The van der Waals surface area contributed by atoms with Gasteiger partial charge in [-0.2, -0.15) is 0 Å². The highest BCUT2D eigenvalue weighted by Crippen LogP contribution is 2.35. The second-order valence-electron chi connectivity index (χ2n) is 7.64. The van der Waals surface area contributed by atoms with Gasteiger partial charge in [0.15, 0.2) is 11.6 Å². The lowest BCUT2D eigenvalue weighted by Crippen LogP contribution is -2.43. The van der Waals surface area contributed by atoms with Crippen LogP contribution < -0.4 is 20.3 Å². The Labute approximate surface area is 188 Å². The minimum atomic E-state index is 0.0968. The minimum Gasteiger partial charge on any atom is -0.488 e. The summed E-state index contributed by atoms with van der Waals surface area (Å²) in [5.74, 6) is 1.97. The van der Waals surface area contributed by atoms with Crippen LogP contribution in [0.5, 0.6) is 5.75 Å². The van der Waals surface area contributed by atoms with Crippen molar-refractivity contribution in [1.82, 2.24) is 15.3 Å². The molecule has 162 valence electrons. The molecule has 7 heteroatoms. The summed E-state index contributed by atoms with van der Waals surface area (Å²) in [5, 5.41) is 7.23. The molecule has 1 unspecified atom stereocenters. The first-order valence-electron chi connectivity index (χ1n) is 10.8. The van der Waals surface area contributed by atoms with E-state index in [0.717, 1.165) is 55.3 Å². The molecule has 31 heavy (non-hydrogen) atoms. The van der Waals surface area contributed by atoms with Crippen molar-refractivity contribution in [2.45, 2.75) is 26.4 Å². The van der Waals surface area contributed by atoms with Crippen LogP contribution in [-0.2, 0) is 0 Å². The van der Waals surface area contributed by atoms with E-state index in [1.54, 1.807) is 6.20 Å². The summed E-state index contributed by atoms with van der Waals surface area (Å²) in [5.41, 5.74) is 2.93. The molecule has 0 bridgehead atoms. The van der Waals surface area contributed by atoms with Crippen molar-refractivity contribution in [3.63, 3.8) is 0 Å². The van der Waals surface area contributed by atoms with E-state index in [0.29, 0.717) is 16.7 Å². The molecule has 2 heterocycles. The first kappa shape index (κ1) is 21.4. The summed E-state index contributed by atoms with van der Waals surface area (Å²) in [6, 6.07) is 16.1. The molecule has 0 radical (unpaired) electrons. The number of nitrogens with zero attached hydrogens (tertiary/aromatic N) is 3. The van der Waals surface area contributed by atoms with Crippen LogP contribution in [0.15, 0.2) is 54.7 Å². The number of aromatic nitrogens is 2. The molecule has 1 aromatic heterocycles. The molecule has 0 spiro atoms. The Morgan fingerprint density at radius 3 is 2.68 bits per heavy atom. The average molecular weight is 438 g/mol. The second-order valence-corrected chi connectivity index (χ2v) is 8.04. The van der Waals surface area contributed by atoms with E-state index in [1.165, 1.54) is 0 Å². The molecule has 2 aromatic carbocycles. The Balaban J connectivity index is 1.65. The maximum Gasteiger partial charge on any atom is 0.161 e. The van der Waals surface area contributed by atoms with E-state index in [-0.39, 0.29) is 6.10 Å². The number of ether oxygens (including phenoxy) is 1. The van der Waals surface area contributed by atoms with Crippen LogP contribution in [0.2, 0.25) is 5.02 Å². The predicted octanol–water partition coefficient (Wildman–Crippen LogP) is 5.13. The zero-order chi connectivity index (χ0) is 21.6. The standard InChI is InChI=1S/C24H28ClN5O/c1-3-17(2)31-22-15-19(30-13-11-26-12-14-30)9-10-21(22)28-24-20(25)16-27-23(29-24)18-7-5-4-6-8-18/h4-10,15-17,26H,3,11-14H2,1-2H3,(H,27,28,29). The van der Waals surface area contributed by atoms with Gasteiger partial charge in [0.1, 0.15) is 10.8 Å². The van der Waals surface area contributed by atoms with E-state index >= 15 is 0 Å². The van der Waals surface area contributed by atoms with E-state index in [9.17, 15) is 0 Å². The molecular formula is C24H28ClN5O. The zero-order valence-corrected chi connectivity index (χ0v) is 18.7. The van der Waals surface area contributed by atoms with Gasteiger partial charge in [0.05, 0.1) is 18.0 Å². The third-order valence-corrected chi connectivity index (χ3v) is 5.66. The van der Waals surface area contributed by atoms with Crippen LogP contribution in [0, 0.1) is 0 Å². The summed E-state index contributed by atoms with van der Waals surface area (Å²) in [6.45, 7) is 8.12. The maximum absolute atomic E-state index is 6.43. The van der Waals surface area contributed by atoms with Crippen molar-refractivity contribution in [2.24, 2.45) is 0 Å². The van der Waals surface area contributed by atoms with Crippen LogP contribution in [0.25, 0.3) is 11.4 Å². The van der Waals surface area contributed by atoms with Crippen molar-refractivity contribution in [1.29, 1.82) is 0 Å². The van der Waals surface area contributed by atoms with Crippen molar-refractivity contribution in [3.8, 4) is 17.1 Å². The minimum absolute atomic E-state index is 0.0968. The van der Waals surface area contributed by atoms with Crippen LogP contribution >= 0.6 is 11.6 Å². The predicted molar refractivity (Wildman–Crippen MR) is 128 cm³/mol. The Kier molecular flexibility index (Phi) is 6.89. The molecule has 3 aromatic rings. The fraction of sp³-hybridized carbons (Fsp3) is 0.333. The molecule has 1 fully saturated rings. The summed E-state index contributed by atoms with van der Waals surface area (Å²) in [6.07, 6.45) is 2.65. The number of rotatable bonds is 7. The fourth-order valence-corrected chi connectivity index (χ4v) is 3.58. The average Bonchev–Trinajstić information content (AvgIpc) is 2.82. The molecule has 1 atom stereocenters. The number of halogens is 1. The summed E-state index contributed by atoms with van der Waals surface area (Å²) in [4.78, 5) is 11.4. The van der Waals surface area contributed by atoms with Crippen LogP contribution in [0.3, 0.4) is 0 Å². The van der Waals surface area contributed by atoms with Gasteiger partial charge < -0.3 is 20.3 Å². The van der Waals surface area contributed by atoms with Gasteiger partial charge in [0, 0.05) is 43.5 Å². The molecule has 0 saturated carbocycles. The molecule has 1 aliphatic heterocycles. The highest BCUT2D eigenvalue weighted by atomic mass is 35.5. The molecule has 0 amide bonds. The molecule has 1 aliphatic rings. The number of piperazine rings is 1. The van der Waals surface area contributed by atoms with Gasteiger partial charge in [0.2, 0.25) is 0 Å². The van der Waals surface area contributed by atoms with E-state index in [1.807, 2.05) is 36.4 Å². The van der Waals surface area contributed by atoms with E-state index in [4.69, 9.17) is 16.3 Å². The van der Waals surface area contributed by atoms with E-state index < -0.39 is 0 Å². The smallest absolute Gasteiger partial charge is 0.161 e. The summed E-state index contributed by atoms with van der Waals surface area (Å²) < 4.78 is 6.26. The summed E-state index contributed by atoms with van der Waals surface area (Å²) >= 11 is 6.43. The SMILES string of the molecule is CCC(C)Oc1cc(N2CCNCC2)ccc1Nc1nc(-c2ccccc2)ncc1Cl. The number of hydrogen-bond donors (Lipinski definition) is 2. The molecule has 4 rings (SSSR count). The molecular weight excluding hydrogens is 410 g/mol. The van der Waals surface area contributed by atoms with Crippen molar-refractivity contribution >= 4 is 28.8 Å². The maximum atomic E-state index is 6.43. The number of anilines is 3. The molecule has 0 aliphatic carbocycles. The van der Waals surface area contributed by atoms with Gasteiger partial charge in [-0.3, -0.25) is 0 Å². The largest absolute Gasteiger partial charge is 0.488 e. The van der Waals surface area contributed by atoms with Gasteiger partial charge in [0.25, 0.3) is 0 Å². The van der Waals surface area contributed by atoms with Crippen molar-refractivity contribution in [2.75, 3.05) is 36.4 Å². The molecule has 1 saturated heterocycles. The monoisotopic (exact) mass is 437 g/mol. The normalized spacial score (nSPS) is 14.9. The lowest BCUT2D eigenvalue weighted by molar-refractivity contribution is 0.218. The first-order valence-corrected chi connectivity index (χ1v) is 11.1. The Bertz CT molecular complexity index is 1010. The first-order chi connectivity index (χ1) is 15.1. The van der Waals surface area contributed by atoms with Gasteiger partial charge >= 0.3 is 0 Å². The van der Waals surface area contributed by atoms with Gasteiger partial charge in [-0.05, 0) is 25.5 Å². The van der Waals surface area contributed by atoms with E-state index in [2.05, 4.69) is 51.5 Å². The number of benzene rings is 2. The van der Waals surface area contributed by atoms with Crippen LogP contribution in [-0.4, -0.2) is 42.3 Å². The Hall–Kier alpha value is -2.83. The van der Waals surface area contributed by atoms with Gasteiger partial charge in [-0.15, -0.1) is 0 Å². The van der Waals surface area contributed by atoms with Gasteiger partial charge in [-0.25, -0.2) is 9.97 Å². The van der Waals surface area contributed by atoms with Gasteiger partial charge in [-0.1, -0.05) is 48.9 Å². The van der Waals surface area contributed by atoms with Crippen molar-refractivity contribution in [3.05, 3.63) is 59.8 Å². The number of nitrogens with one attached hydrogen (secondary N) is 2. The van der Waals surface area contributed by atoms with Crippen LogP contribution in [0.1, 0.15) is 20.3 Å². The molecule has 6 nitrogen and oxygen atoms in total. The van der Waals surface area contributed by atoms with Crippen molar-refractivity contribution < 1.29 is 4.74 Å². The fourth-order valence-electron chi connectivity index (χ4n) is 3.44. The lowest BCUT2D eigenvalue weighted by atomic mass is 10.2. The second kappa shape index (κ2) is 9.98.